The second-order valence-corrected chi connectivity index (χ2v) is 9.56. The molecule has 9 heteroatoms. The van der Waals surface area contributed by atoms with E-state index >= 15 is 0 Å². The van der Waals surface area contributed by atoms with Crippen LogP contribution >= 0.6 is 0 Å². The molecule has 2 aromatic carbocycles. The zero-order chi connectivity index (χ0) is 25.1. The molecular formula is C27H30N4O5. The minimum atomic E-state index is -0.533. The topological polar surface area (TPSA) is 108 Å². The molecule has 3 aliphatic rings. The molecule has 2 N–H and O–H groups in total. The van der Waals surface area contributed by atoms with E-state index in [2.05, 4.69) is 15.5 Å². The standard InChI is InChI=1S/C27H30N4O5/c32-22-6-7-24(25(33)14-22)31-17-20-5-4-18(13-23(20)26(31)34)15-28-27(35)29-21-3-1-2-19(12-21)16-30-8-10-36-11-9-30/h1-5,12-13,24H,6-11,14-17H2,(H2,28,29,35). The summed E-state index contributed by atoms with van der Waals surface area (Å²) in [7, 11) is 0. The van der Waals surface area contributed by atoms with Crippen molar-refractivity contribution in [2.45, 2.75) is 44.9 Å². The first-order valence-corrected chi connectivity index (χ1v) is 12.4. The first-order chi connectivity index (χ1) is 17.5. The first kappa shape index (κ1) is 24.1. The lowest BCUT2D eigenvalue weighted by Crippen LogP contribution is -2.44. The molecule has 2 aromatic rings. The van der Waals surface area contributed by atoms with E-state index in [-0.39, 0.29) is 36.5 Å². The van der Waals surface area contributed by atoms with Crippen molar-refractivity contribution in [3.8, 4) is 0 Å². The van der Waals surface area contributed by atoms with Crippen LogP contribution in [0, 0.1) is 0 Å². The number of hydrogen-bond donors (Lipinski definition) is 2. The fourth-order valence-corrected chi connectivity index (χ4v) is 5.04. The Bertz CT molecular complexity index is 1190. The Kier molecular flexibility index (Phi) is 7.11. The molecule has 1 atom stereocenters. The van der Waals surface area contributed by atoms with Crippen molar-refractivity contribution in [1.82, 2.24) is 15.1 Å². The van der Waals surface area contributed by atoms with E-state index in [4.69, 9.17) is 4.74 Å². The number of benzene rings is 2. The lowest BCUT2D eigenvalue weighted by Gasteiger charge is -2.29. The van der Waals surface area contributed by atoms with E-state index in [9.17, 15) is 19.2 Å². The number of morpholine rings is 1. The third-order valence-corrected chi connectivity index (χ3v) is 6.97. The number of carbonyl (C=O) groups excluding carboxylic acids is 4. The van der Waals surface area contributed by atoms with E-state index in [1.807, 2.05) is 36.4 Å². The third-order valence-electron chi connectivity index (χ3n) is 6.97. The van der Waals surface area contributed by atoms with Gasteiger partial charge in [0.25, 0.3) is 5.91 Å². The van der Waals surface area contributed by atoms with Crippen LogP contribution in [0.4, 0.5) is 10.5 Å². The number of nitrogens with zero attached hydrogens (tertiary/aromatic N) is 2. The molecule has 0 bridgehead atoms. The van der Waals surface area contributed by atoms with Crippen LogP contribution in [-0.2, 0) is 34.0 Å². The highest BCUT2D eigenvalue weighted by Gasteiger charge is 2.38. The van der Waals surface area contributed by atoms with Gasteiger partial charge in [0.05, 0.1) is 25.7 Å². The van der Waals surface area contributed by atoms with Crippen LogP contribution in [0.2, 0.25) is 0 Å². The largest absolute Gasteiger partial charge is 0.379 e. The summed E-state index contributed by atoms with van der Waals surface area (Å²) >= 11 is 0. The fourth-order valence-electron chi connectivity index (χ4n) is 5.04. The van der Waals surface area contributed by atoms with E-state index < -0.39 is 6.04 Å². The Morgan fingerprint density at radius 1 is 1.03 bits per heavy atom. The Labute approximate surface area is 209 Å². The Balaban J connectivity index is 1.15. The molecule has 2 aliphatic heterocycles. The number of Topliss-reactive ketones (excluding diaryl/α,β-unsaturated/α-hetero) is 2. The van der Waals surface area contributed by atoms with Gasteiger partial charge >= 0.3 is 6.03 Å². The molecule has 0 aromatic heterocycles. The van der Waals surface area contributed by atoms with Crippen molar-refractivity contribution in [3.05, 3.63) is 64.7 Å². The molecule has 2 heterocycles. The highest BCUT2D eigenvalue weighted by atomic mass is 16.5. The summed E-state index contributed by atoms with van der Waals surface area (Å²) in [5.74, 6) is -0.433. The summed E-state index contributed by atoms with van der Waals surface area (Å²) in [6, 6.07) is 12.5. The number of amides is 3. The minimum absolute atomic E-state index is 0.0594. The molecule has 2 fully saturated rings. The van der Waals surface area contributed by atoms with Gasteiger partial charge in [0.2, 0.25) is 0 Å². The lowest BCUT2D eigenvalue weighted by molar-refractivity contribution is -0.133. The van der Waals surface area contributed by atoms with Crippen molar-refractivity contribution in [1.29, 1.82) is 0 Å². The van der Waals surface area contributed by atoms with Crippen molar-refractivity contribution in [2.24, 2.45) is 0 Å². The van der Waals surface area contributed by atoms with Gasteiger partial charge < -0.3 is 20.3 Å². The number of nitrogens with one attached hydrogen (secondary N) is 2. The maximum atomic E-state index is 13.0. The highest BCUT2D eigenvalue weighted by molar-refractivity contribution is 6.07. The average molecular weight is 491 g/mol. The number of carbonyl (C=O) groups is 4. The van der Waals surface area contributed by atoms with Crippen LogP contribution in [0.5, 0.6) is 0 Å². The number of urea groups is 1. The summed E-state index contributed by atoms with van der Waals surface area (Å²) in [4.78, 5) is 53.3. The zero-order valence-corrected chi connectivity index (χ0v) is 20.1. The molecule has 0 radical (unpaired) electrons. The number of ether oxygens (including phenoxy) is 1. The van der Waals surface area contributed by atoms with Crippen LogP contribution in [0.15, 0.2) is 42.5 Å². The van der Waals surface area contributed by atoms with Crippen LogP contribution in [0.25, 0.3) is 0 Å². The van der Waals surface area contributed by atoms with Gasteiger partial charge in [0.1, 0.15) is 5.78 Å². The Morgan fingerprint density at radius 3 is 2.67 bits per heavy atom. The predicted molar refractivity (Wildman–Crippen MR) is 132 cm³/mol. The Morgan fingerprint density at radius 2 is 1.86 bits per heavy atom. The lowest BCUT2D eigenvalue weighted by atomic mass is 9.92. The van der Waals surface area contributed by atoms with Crippen LogP contribution in [0.1, 0.15) is 46.3 Å². The SMILES string of the molecule is O=C1CCC(N2Cc3ccc(CNC(=O)Nc4cccc(CN5CCOCC5)c4)cc3C2=O)C(=O)C1. The molecule has 1 saturated carbocycles. The summed E-state index contributed by atoms with van der Waals surface area (Å²) in [6.07, 6.45) is 0.627. The van der Waals surface area contributed by atoms with Gasteiger partial charge in [-0.2, -0.15) is 0 Å². The first-order valence-electron chi connectivity index (χ1n) is 12.4. The molecule has 1 unspecified atom stereocenters. The Hall–Kier alpha value is -3.56. The van der Waals surface area contributed by atoms with Gasteiger partial charge in [-0.15, -0.1) is 0 Å². The monoisotopic (exact) mass is 490 g/mol. The number of fused-ring (bicyclic) bond motifs is 1. The van der Waals surface area contributed by atoms with Gasteiger partial charge in [-0.3, -0.25) is 19.3 Å². The summed E-state index contributed by atoms with van der Waals surface area (Å²) in [5, 5.41) is 5.72. The maximum absolute atomic E-state index is 13.0. The molecule has 9 nitrogen and oxygen atoms in total. The van der Waals surface area contributed by atoms with Crippen LogP contribution < -0.4 is 10.6 Å². The molecule has 36 heavy (non-hydrogen) atoms. The van der Waals surface area contributed by atoms with Crippen LogP contribution in [0.3, 0.4) is 0 Å². The van der Waals surface area contributed by atoms with Crippen molar-refractivity contribution >= 4 is 29.2 Å². The molecular weight excluding hydrogens is 460 g/mol. The molecule has 3 amide bonds. The molecule has 1 aliphatic carbocycles. The minimum Gasteiger partial charge on any atom is -0.379 e. The van der Waals surface area contributed by atoms with Gasteiger partial charge in [-0.05, 0) is 41.3 Å². The molecule has 188 valence electrons. The molecule has 5 rings (SSSR count). The van der Waals surface area contributed by atoms with Gasteiger partial charge in [-0.1, -0.05) is 24.3 Å². The second kappa shape index (κ2) is 10.6. The smallest absolute Gasteiger partial charge is 0.319 e. The van der Waals surface area contributed by atoms with Crippen molar-refractivity contribution < 1.29 is 23.9 Å². The van der Waals surface area contributed by atoms with E-state index in [1.165, 1.54) is 0 Å². The number of ketones is 2. The summed E-state index contributed by atoms with van der Waals surface area (Å²) in [6.45, 7) is 4.72. The van der Waals surface area contributed by atoms with Gasteiger partial charge in [0, 0.05) is 50.4 Å². The summed E-state index contributed by atoms with van der Waals surface area (Å²) < 4.78 is 5.40. The number of hydrogen-bond acceptors (Lipinski definition) is 6. The third kappa shape index (κ3) is 5.47. The quantitative estimate of drug-likeness (QED) is 0.603. The average Bonchev–Trinajstić information content (AvgIpc) is 3.19. The van der Waals surface area contributed by atoms with Crippen molar-refractivity contribution in [3.63, 3.8) is 0 Å². The van der Waals surface area contributed by atoms with Crippen molar-refractivity contribution in [2.75, 3.05) is 31.6 Å². The molecule has 0 spiro atoms. The fraction of sp³-hybridized carbons (Fsp3) is 0.407. The maximum Gasteiger partial charge on any atom is 0.319 e. The number of anilines is 1. The molecule has 1 saturated heterocycles. The normalized spacial score (nSPS) is 20.4. The van der Waals surface area contributed by atoms with Gasteiger partial charge in [-0.25, -0.2) is 4.79 Å². The summed E-state index contributed by atoms with van der Waals surface area (Å²) in [5.41, 5.74) is 4.04. The highest BCUT2D eigenvalue weighted by Crippen LogP contribution is 2.29. The number of rotatable bonds is 6. The zero-order valence-electron chi connectivity index (χ0n) is 20.1. The van der Waals surface area contributed by atoms with E-state index in [0.29, 0.717) is 30.6 Å². The van der Waals surface area contributed by atoms with Gasteiger partial charge in [0.15, 0.2) is 5.78 Å². The van der Waals surface area contributed by atoms with E-state index in [0.717, 1.165) is 49.5 Å². The predicted octanol–water partition coefficient (Wildman–Crippen LogP) is 2.49. The van der Waals surface area contributed by atoms with E-state index in [1.54, 1.807) is 11.0 Å². The van der Waals surface area contributed by atoms with Crippen LogP contribution in [-0.4, -0.2) is 65.6 Å². The second-order valence-electron chi connectivity index (χ2n) is 9.56.